The molecule has 0 aromatic carbocycles. The Bertz CT molecular complexity index is 1310. The monoisotopic (exact) mass is 1150 g/mol. The minimum Gasteiger partial charge on any atom is -0.756 e. The van der Waals surface area contributed by atoms with Gasteiger partial charge in [-0.15, -0.1) is 0 Å². The van der Waals surface area contributed by atoms with Crippen LogP contribution in [0.2, 0.25) is 0 Å². The summed E-state index contributed by atoms with van der Waals surface area (Å²) in [6.07, 6.45) is 80.6. The summed E-state index contributed by atoms with van der Waals surface area (Å²) in [5.74, 6) is -0.187. The van der Waals surface area contributed by atoms with Crippen molar-refractivity contribution in [2.24, 2.45) is 0 Å². The van der Waals surface area contributed by atoms with E-state index in [0.29, 0.717) is 17.4 Å². The van der Waals surface area contributed by atoms with Gasteiger partial charge < -0.3 is 28.8 Å². The molecule has 0 saturated heterocycles. The number of phosphoric acid groups is 1. The molecule has 0 aliphatic rings. The third-order valence-electron chi connectivity index (χ3n) is 17.0. The summed E-state index contributed by atoms with van der Waals surface area (Å²) in [4.78, 5) is 25.6. The summed E-state index contributed by atoms with van der Waals surface area (Å²) in [6, 6.07) is -0.884. The second-order valence-corrected chi connectivity index (χ2v) is 27.7. The molecule has 2 N–H and O–H groups in total. The topological polar surface area (TPSA) is 108 Å². The second kappa shape index (κ2) is 62.8. The molecule has 0 spiro atoms. The number of carbonyl (C=O) groups is 1. The maximum atomic E-state index is 13.0. The summed E-state index contributed by atoms with van der Waals surface area (Å²) in [6.45, 7) is 4.73. The SMILES string of the molecule is CCCCCCCCCCCCCCCCCCCCCCCCCC/C=C/C(O)C(COP(=O)([O-])OCC[N+](C)(C)C)NC(=O)CCCCCCCCCCCCCCCCCCCCCCCCCCCCCCCCCC. The second-order valence-electron chi connectivity index (χ2n) is 26.3. The van der Waals surface area contributed by atoms with Crippen molar-refractivity contribution in [3.05, 3.63) is 12.2 Å². The van der Waals surface area contributed by atoms with E-state index in [1.807, 2.05) is 27.2 Å². The molecule has 80 heavy (non-hydrogen) atoms. The number of carbonyl (C=O) groups excluding carboxylic acids is 1. The highest BCUT2D eigenvalue weighted by molar-refractivity contribution is 7.45. The van der Waals surface area contributed by atoms with Crippen molar-refractivity contribution in [2.75, 3.05) is 40.9 Å². The highest BCUT2D eigenvalue weighted by Crippen LogP contribution is 2.38. The van der Waals surface area contributed by atoms with Crippen molar-refractivity contribution in [1.82, 2.24) is 5.32 Å². The van der Waals surface area contributed by atoms with Gasteiger partial charge in [0, 0.05) is 6.42 Å². The van der Waals surface area contributed by atoms with Crippen LogP contribution < -0.4 is 10.2 Å². The van der Waals surface area contributed by atoms with Crippen molar-refractivity contribution in [1.29, 1.82) is 0 Å². The zero-order valence-corrected chi connectivity index (χ0v) is 55.7. The molecule has 0 fully saturated rings. The van der Waals surface area contributed by atoms with Gasteiger partial charge in [-0.25, -0.2) is 0 Å². The number of aliphatic hydroxyl groups is 1. The van der Waals surface area contributed by atoms with Crippen LogP contribution in [-0.4, -0.2) is 68.5 Å². The molecule has 3 atom stereocenters. The lowest BCUT2D eigenvalue weighted by atomic mass is 10.0. The number of hydrogen-bond acceptors (Lipinski definition) is 6. The number of allylic oxidation sites excluding steroid dienone is 1. The first kappa shape index (κ1) is 79.2. The molecule has 0 aromatic rings. The Morgan fingerprint density at radius 2 is 0.675 bits per heavy atom. The smallest absolute Gasteiger partial charge is 0.268 e. The van der Waals surface area contributed by atoms with Gasteiger partial charge >= 0.3 is 0 Å². The highest BCUT2D eigenvalue weighted by atomic mass is 31.2. The largest absolute Gasteiger partial charge is 0.756 e. The van der Waals surface area contributed by atoms with Crippen LogP contribution in [0.25, 0.3) is 0 Å². The molecule has 0 rings (SSSR count). The van der Waals surface area contributed by atoms with E-state index in [1.54, 1.807) is 6.08 Å². The van der Waals surface area contributed by atoms with Gasteiger partial charge in [-0.3, -0.25) is 9.36 Å². The van der Waals surface area contributed by atoms with Crippen LogP contribution in [0.3, 0.4) is 0 Å². The molecular formula is C71H143N2O6P. The summed E-state index contributed by atoms with van der Waals surface area (Å²) >= 11 is 0. The van der Waals surface area contributed by atoms with Gasteiger partial charge in [-0.1, -0.05) is 373 Å². The molecule has 0 heterocycles. The number of nitrogens with zero attached hydrogens (tertiary/aromatic N) is 1. The summed E-state index contributed by atoms with van der Waals surface area (Å²) in [7, 11) is 1.29. The summed E-state index contributed by atoms with van der Waals surface area (Å²) in [5.41, 5.74) is 0. The van der Waals surface area contributed by atoms with Crippen LogP contribution in [0.1, 0.15) is 386 Å². The van der Waals surface area contributed by atoms with E-state index < -0.39 is 20.0 Å². The third-order valence-corrected chi connectivity index (χ3v) is 18.0. The van der Waals surface area contributed by atoms with Gasteiger partial charge in [0.1, 0.15) is 13.2 Å². The zero-order chi connectivity index (χ0) is 58.4. The predicted molar refractivity (Wildman–Crippen MR) is 349 cm³/mol. The highest BCUT2D eigenvalue weighted by Gasteiger charge is 2.23. The first-order valence-corrected chi connectivity index (χ1v) is 37.5. The number of hydrogen-bond donors (Lipinski definition) is 2. The van der Waals surface area contributed by atoms with Crippen molar-refractivity contribution < 1.29 is 32.9 Å². The molecule has 1 amide bonds. The summed E-state index contributed by atoms with van der Waals surface area (Å²) in [5, 5.41) is 14.0. The molecule has 0 aliphatic carbocycles. The van der Waals surface area contributed by atoms with Gasteiger partial charge in [0.25, 0.3) is 7.82 Å². The molecule has 0 saturated carbocycles. The maximum absolute atomic E-state index is 13.0. The quantitative estimate of drug-likeness (QED) is 0.0272. The Morgan fingerprint density at radius 3 is 0.938 bits per heavy atom. The van der Waals surface area contributed by atoms with E-state index in [9.17, 15) is 19.4 Å². The fourth-order valence-electron chi connectivity index (χ4n) is 11.4. The Kier molecular flexibility index (Phi) is 62.2. The number of unbranched alkanes of at least 4 members (excludes halogenated alkanes) is 55. The van der Waals surface area contributed by atoms with Crippen LogP contribution in [-0.2, 0) is 18.4 Å². The average molecular weight is 1150 g/mol. The van der Waals surface area contributed by atoms with E-state index in [-0.39, 0.29) is 19.1 Å². The molecule has 0 aliphatic heterocycles. The number of phosphoric ester groups is 1. The number of amides is 1. The number of quaternary nitrogens is 1. The Labute approximate surface area is 501 Å². The zero-order valence-electron chi connectivity index (χ0n) is 54.8. The lowest BCUT2D eigenvalue weighted by Gasteiger charge is -2.29. The molecule has 9 heteroatoms. The predicted octanol–water partition coefficient (Wildman–Crippen LogP) is 22.3. The normalized spacial score (nSPS) is 13.6. The number of aliphatic hydroxyl groups excluding tert-OH is 1. The van der Waals surface area contributed by atoms with E-state index >= 15 is 0 Å². The fraction of sp³-hybridized carbons (Fsp3) is 0.958. The van der Waals surface area contributed by atoms with Gasteiger partial charge in [-0.2, -0.15) is 0 Å². The number of nitrogens with one attached hydrogen (secondary N) is 1. The van der Waals surface area contributed by atoms with Gasteiger partial charge in [0.2, 0.25) is 5.91 Å². The lowest BCUT2D eigenvalue weighted by molar-refractivity contribution is -0.870. The first-order valence-electron chi connectivity index (χ1n) is 36.1. The van der Waals surface area contributed by atoms with E-state index in [4.69, 9.17) is 9.05 Å². The van der Waals surface area contributed by atoms with Crippen LogP contribution in [0.5, 0.6) is 0 Å². The Hall–Kier alpha value is -0.760. The number of likely N-dealkylation sites (N-methyl/N-ethyl adjacent to an activating group) is 1. The van der Waals surface area contributed by atoms with Gasteiger partial charge in [0.15, 0.2) is 0 Å². The van der Waals surface area contributed by atoms with Crippen molar-refractivity contribution in [3.8, 4) is 0 Å². The molecule has 0 aromatic heterocycles. The van der Waals surface area contributed by atoms with E-state index in [0.717, 1.165) is 38.5 Å². The van der Waals surface area contributed by atoms with Crippen LogP contribution in [0.4, 0.5) is 0 Å². The minimum atomic E-state index is -4.60. The van der Waals surface area contributed by atoms with E-state index in [1.165, 1.54) is 327 Å². The molecule has 0 radical (unpaired) electrons. The number of rotatable bonds is 68. The average Bonchev–Trinajstić information content (AvgIpc) is 3.42. The third kappa shape index (κ3) is 64.8. The minimum absolute atomic E-state index is 0.00304. The summed E-state index contributed by atoms with van der Waals surface area (Å²) < 4.78 is 23.5. The maximum Gasteiger partial charge on any atom is 0.268 e. The Balaban J connectivity index is 4.00. The molecule has 0 bridgehead atoms. The van der Waals surface area contributed by atoms with Crippen molar-refractivity contribution in [2.45, 2.75) is 398 Å². The van der Waals surface area contributed by atoms with Crippen LogP contribution in [0.15, 0.2) is 12.2 Å². The molecular weight excluding hydrogens is 1010 g/mol. The first-order chi connectivity index (χ1) is 39.0. The molecule has 3 unspecified atom stereocenters. The van der Waals surface area contributed by atoms with Crippen molar-refractivity contribution >= 4 is 13.7 Å². The lowest BCUT2D eigenvalue weighted by Crippen LogP contribution is -2.45. The van der Waals surface area contributed by atoms with Gasteiger partial charge in [-0.05, 0) is 19.3 Å². The molecule has 8 nitrogen and oxygen atoms in total. The molecule has 478 valence electrons. The van der Waals surface area contributed by atoms with Crippen LogP contribution >= 0.6 is 7.82 Å². The fourth-order valence-corrected chi connectivity index (χ4v) is 12.1. The Morgan fingerprint density at radius 1 is 0.425 bits per heavy atom. The van der Waals surface area contributed by atoms with Crippen LogP contribution in [0, 0.1) is 0 Å². The van der Waals surface area contributed by atoms with Crippen molar-refractivity contribution in [3.63, 3.8) is 0 Å². The van der Waals surface area contributed by atoms with Gasteiger partial charge in [0.05, 0.1) is 39.9 Å². The van der Waals surface area contributed by atoms with E-state index in [2.05, 4.69) is 19.2 Å². The standard InChI is InChI=1S/C71H143N2O6P/c1-6-8-10-12-14-16-18-20-22-24-26-28-30-32-34-35-36-37-38-39-41-43-45-47-49-51-53-55-57-59-61-63-65-71(75)72-69(68-79-80(76,77)78-67-66-73(3,4)5)70(74)64-62-60-58-56-54-52-50-48-46-44-42-40-33-31-29-27-25-23-21-19-17-15-13-11-9-7-2/h62,64,69-70,74H,6-61,63,65-68H2,1-5H3,(H-,72,75,76,77)/b64-62+.